The van der Waals surface area contributed by atoms with Crippen molar-refractivity contribution in [1.82, 2.24) is 5.32 Å². The monoisotopic (exact) mass is 260 g/mol. The van der Waals surface area contributed by atoms with Crippen LogP contribution in [0.3, 0.4) is 0 Å². The third kappa shape index (κ3) is 4.27. The van der Waals surface area contributed by atoms with Crippen molar-refractivity contribution in [2.75, 3.05) is 5.75 Å². The number of allylic oxidation sites excluding steroid dienone is 1. The van der Waals surface area contributed by atoms with E-state index >= 15 is 0 Å². The molecule has 0 heterocycles. The van der Waals surface area contributed by atoms with Gasteiger partial charge in [0.15, 0.2) is 0 Å². The first-order valence-corrected chi connectivity index (χ1v) is 6.73. The van der Waals surface area contributed by atoms with Gasteiger partial charge >= 0.3 is 0 Å². The molecule has 18 heavy (non-hydrogen) atoms. The number of thioether (sulfide) groups is 1. The minimum Gasteiger partial charge on any atom is -0.383 e. The molecule has 1 rings (SSSR count). The normalized spacial score (nSPS) is 11.4. The van der Waals surface area contributed by atoms with Crippen LogP contribution in [-0.4, -0.2) is 10.9 Å². The number of hydrogen-bond acceptors (Lipinski definition) is 4. The van der Waals surface area contributed by atoms with Gasteiger partial charge < -0.3 is 5.32 Å². The summed E-state index contributed by atoms with van der Waals surface area (Å²) in [6.45, 7) is 4.27. The van der Waals surface area contributed by atoms with Gasteiger partial charge in [-0.15, -0.1) is 0 Å². The molecule has 0 aliphatic rings. The summed E-state index contributed by atoms with van der Waals surface area (Å²) in [4.78, 5) is 11.7. The zero-order chi connectivity index (χ0) is 13.4. The lowest BCUT2D eigenvalue weighted by atomic mass is 10.2. The van der Waals surface area contributed by atoms with E-state index in [-0.39, 0.29) is 10.7 Å². The van der Waals surface area contributed by atoms with Crippen molar-refractivity contribution in [3.8, 4) is 6.07 Å². The number of nitrogens with zero attached hydrogens (tertiary/aromatic N) is 1. The quantitative estimate of drug-likeness (QED) is 0.653. The summed E-state index contributed by atoms with van der Waals surface area (Å²) in [5, 5.41) is 12.0. The Morgan fingerprint density at radius 2 is 2.06 bits per heavy atom. The van der Waals surface area contributed by atoms with E-state index in [1.807, 2.05) is 43.3 Å². The van der Waals surface area contributed by atoms with Crippen molar-refractivity contribution in [3.63, 3.8) is 0 Å². The lowest BCUT2D eigenvalue weighted by Gasteiger charge is -2.08. The Morgan fingerprint density at radius 3 is 2.61 bits per heavy atom. The molecule has 0 saturated carbocycles. The van der Waals surface area contributed by atoms with Gasteiger partial charge in [-0.05, 0) is 18.2 Å². The van der Waals surface area contributed by atoms with E-state index in [0.29, 0.717) is 18.0 Å². The number of nitrogens with one attached hydrogen (secondary N) is 1. The van der Waals surface area contributed by atoms with Gasteiger partial charge in [-0.1, -0.05) is 49.0 Å². The van der Waals surface area contributed by atoms with Gasteiger partial charge in [0.1, 0.15) is 11.6 Å². The second kappa shape index (κ2) is 7.57. The standard InChI is InChI=1S/C14H16N2OS/c1-3-18-14(17)13(9-15)11(2)16-10-12-7-5-4-6-8-12/h4-8,16H,3,10H2,1-2H3. The lowest BCUT2D eigenvalue weighted by Crippen LogP contribution is -2.15. The van der Waals surface area contributed by atoms with Crippen LogP contribution in [0.1, 0.15) is 19.4 Å². The maximum absolute atomic E-state index is 11.7. The number of carbonyl (C=O) groups excluding carboxylic acids is 1. The van der Waals surface area contributed by atoms with Crippen LogP contribution in [0.15, 0.2) is 41.6 Å². The maximum atomic E-state index is 11.7. The molecular formula is C14H16N2OS. The zero-order valence-electron chi connectivity index (χ0n) is 10.6. The summed E-state index contributed by atoms with van der Waals surface area (Å²) >= 11 is 1.15. The van der Waals surface area contributed by atoms with Gasteiger partial charge in [-0.25, -0.2) is 0 Å². The highest BCUT2D eigenvalue weighted by atomic mass is 32.2. The van der Waals surface area contributed by atoms with Crippen LogP contribution in [0, 0.1) is 11.3 Å². The fraction of sp³-hybridized carbons (Fsp3) is 0.286. The Morgan fingerprint density at radius 1 is 1.39 bits per heavy atom. The predicted molar refractivity (Wildman–Crippen MR) is 74.7 cm³/mol. The lowest BCUT2D eigenvalue weighted by molar-refractivity contribution is -0.107. The Hall–Kier alpha value is -1.73. The molecule has 4 heteroatoms. The molecule has 3 nitrogen and oxygen atoms in total. The van der Waals surface area contributed by atoms with Crippen molar-refractivity contribution in [2.24, 2.45) is 0 Å². The second-order valence-electron chi connectivity index (χ2n) is 3.67. The van der Waals surface area contributed by atoms with Crippen molar-refractivity contribution in [3.05, 3.63) is 47.2 Å². The summed E-state index contributed by atoms with van der Waals surface area (Å²) in [5.41, 5.74) is 1.95. The van der Waals surface area contributed by atoms with E-state index in [4.69, 9.17) is 5.26 Å². The minimum atomic E-state index is -0.168. The number of benzene rings is 1. The van der Waals surface area contributed by atoms with E-state index in [9.17, 15) is 4.79 Å². The van der Waals surface area contributed by atoms with Crippen molar-refractivity contribution < 1.29 is 4.79 Å². The van der Waals surface area contributed by atoms with Gasteiger partial charge in [0, 0.05) is 12.2 Å². The molecule has 94 valence electrons. The Kier molecular flexibility index (Phi) is 6.03. The summed E-state index contributed by atoms with van der Waals surface area (Å²) in [7, 11) is 0. The summed E-state index contributed by atoms with van der Waals surface area (Å²) in [6.07, 6.45) is 0. The summed E-state index contributed by atoms with van der Waals surface area (Å²) in [5.74, 6) is 0.677. The second-order valence-corrected chi connectivity index (χ2v) is 4.91. The summed E-state index contributed by atoms with van der Waals surface area (Å²) in [6, 6.07) is 11.8. The van der Waals surface area contributed by atoms with Crippen LogP contribution in [0.25, 0.3) is 0 Å². The average Bonchev–Trinajstić information content (AvgIpc) is 2.39. The Bertz CT molecular complexity index is 474. The topological polar surface area (TPSA) is 52.9 Å². The zero-order valence-corrected chi connectivity index (χ0v) is 11.4. The molecule has 0 atom stereocenters. The van der Waals surface area contributed by atoms with Crippen LogP contribution in [-0.2, 0) is 11.3 Å². The molecule has 0 aliphatic carbocycles. The molecule has 0 radical (unpaired) electrons. The van der Waals surface area contributed by atoms with Gasteiger partial charge in [0.05, 0.1) is 0 Å². The third-order valence-electron chi connectivity index (χ3n) is 2.37. The third-order valence-corrected chi connectivity index (χ3v) is 3.12. The van der Waals surface area contributed by atoms with E-state index < -0.39 is 0 Å². The number of hydrogen-bond donors (Lipinski definition) is 1. The largest absolute Gasteiger partial charge is 0.383 e. The highest BCUT2D eigenvalue weighted by Gasteiger charge is 2.12. The van der Waals surface area contributed by atoms with Crippen molar-refractivity contribution in [2.45, 2.75) is 20.4 Å². The molecule has 0 bridgehead atoms. The molecule has 0 unspecified atom stereocenters. The Balaban J connectivity index is 2.70. The molecule has 0 spiro atoms. The molecule has 0 aromatic heterocycles. The van der Waals surface area contributed by atoms with E-state index in [1.54, 1.807) is 6.92 Å². The number of nitriles is 1. The van der Waals surface area contributed by atoms with Crippen molar-refractivity contribution >= 4 is 16.9 Å². The molecule has 1 N–H and O–H groups in total. The summed E-state index contributed by atoms with van der Waals surface area (Å²) < 4.78 is 0. The van der Waals surface area contributed by atoms with Gasteiger partial charge in [-0.2, -0.15) is 5.26 Å². The first-order valence-electron chi connectivity index (χ1n) is 5.75. The number of rotatable bonds is 5. The molecule has 0 aliphatic heterocycles. The Labute approximate surface area is 112 Å². The highest BCUT2D eigenvalue weighted by Crippen LogP contribution is 2.12. The molecule has 1 aromatic rings. The highest BCUT2D eigenvalue weighted by molar-refractivity contribution is 8.14. The van der Waals surface area contributed by atoms with Crippen molar-refractivity contribution in [1.29, 1.82) is 5.26 Å². The van der Waals surface area contributed by atoms with E-state index in [2.05, 4.69) is 5.32 Å². The van der Waals surface area contributed by atoms with Gasteiger partial charge in [0.25, 0.3) is 0 Å². The van der Waals surface area contributed by atoms with E-state index in [0.717, 1.165) is 17.3 Å². The van der Waals surface area contributed by atoms with Crippen LogP contribution < -0.4 is 5.32 Å². The minimum absolute atomic E-state index is 0.168. The van der Waals surface area contributed by atoms with E-state index in [1.165, 1.54) is 0 Å². The number of carbonyl (C=O) groups is 1. The first kappa shape index (κ1) is 14.3. The molecule has 0 saturated heterocycles. The SMILES string of the molecule is CCSC(=O)C(C#N)=C(C)NCc1ccccc1. The van der Waals surface area contributed by atoms with Crippen LogP contribution in [0.4, 0.5) is 0 Å². The smallest absolute Gasteiger partial charge is 0.231 e. The van der Waals surface area contributed by atoms with Gasteiger partial charge in [-0.3, -0.25) is 4.79 Å². The fourth-order valence-electron chi connectivity index (χ4n) is 1.40. The molecule has 1 aromatic carbocycles. The average molecular weight is 260 g/mol. The maximum Gasteiger partial charge on any atom is 0.231 e. The van der Waals surface area contributed by atoms with Crippen LogP contribution in [0.5, 0.6) is 0 Å². The van der Waals surface area contributed by atoms with Crippen LogP contribution >= 0.6 is 11.8 Å². The molecule has 0 amide bonds. The fourth-order valence-corrected chi connectivity index (χ4v) is 2.01. The molecular weight excluding hydrogens is 244 g/mol. The van der Waals surface area contributed by atoms with Gasteiger partial charge in [0.2, 0.25) is 5.12 Å². The molecule has 0 fully saturated rings. The van der Waals surface area contributed by atoms with Crippen LogP contribution in [0.2, 0.25) is 0 Å². The first-order chi connectivity index (χ1) is 8.69. The predicted octanol–water partition coefficient (Wildman–Crippen LogP) is 2.85.